The number of halogens is 1. The van der Waals surface area contributed by atoms with E-state index in [9.17, 15) is 4.79 Å². The minimum absolute atomic E-state index is 0. The normalized spacial score (nSPS) is 11.3. The lowest BCUT2D eigenvalue weighted by Gasteiger charge is -2.30. The Balaban J connectivity index is 0.0000102. The highest BCUT2D eigenvalue weighted by Crippen LogP contribution is 2.14. The van der Waals surface area contributed by atoms with Crippen LogP contribution in [0.3, 0.4) is 0 Å². The fourth-order valence-electron chi connectivity index (χ4n) is 4.50. The average Bonchev–Trinajstić information content (AvgIpc) is 2.77. The maximum absolute atomic E-state index is 12.4. The van der Waals surface area contributed by atoms with Gasteiger partial charge in [-0.1, -0.05) is 114 Å². The van der Waals surface area contributed by atoms with Crippen molar-refractivity contribution in [3.63, 3.8) is 0 Å². The van der Waals surface area contributed by atoms with Gasteiger partial charge in [-0.3, -0.25) is 4.79 Å². The zero-order valence-electron chi connectivity index (χ0n) is 22.3. The Kier molecular flexibility index (Phi) is 20.0. The first-order valence-corrected chi connectivity index (χ1v) is 13.5. The number of hydrogen-bond acceptors (Lipinski definition) is 1. The largest absolute Gasteiger partial charge is 1.00 e. The number of unbranched alkanes of at least 4 members (excludes halogenated alkanes) is 12. The van der Waals surface area contributed by atoms with Gasteiger partial charge in [-0.2, -0.15) is 0 Å². The molecule has 0 spiro atoms. The van der Waals surface area contributed by atoms with Gasteiger partial charge >= 0.3 is 0 Å². The minimum atomic E-state index is 0. The molecule has 3 nitrogen and oxygen atoms in total. The standard InChI is InChI=1S/C29H53N2O.BrH/c1-5-6-7-8-9-10-11-12-13-14-15-16-20-24-29(32)30(2)25-21-26-31(3,4)27-28-22-18-17-19-23-28;/h17-19,22-23H,5-16,20-21,24-27H2,1-4H3;1H/q+1;/p-1. The van der Waals surface area contributed by atoms with Crippen molar-refractivity contribution >= 4 is 5.91 Å². The van der Waals surface area contributed by atoms with Crippen LogP contribution in [0.25, 0.3) is 0 Å². The Morgan fingerprint density at radius 2 is 1.24 bits per heavy atom. The van der Waals surface area contributed by atoms with Gasteiger partial charge in [0.25, 0.3) is 0 Å². The number of quaternary nitrogens is 1. The van der Waals surface area contributed by atoms with Crippen LogP contribution in [-0.4, -0.2) is 49.5 Å². The molecule has 0 fully saturated rings. The molecule has 0 aliphatic rings. The molecule has 0 unspecified atom stereocenters. The molecule has 0 aliphatic carbocycles. The van der Waals surface area contributed by atoms with Gasteiger partial charge < -0.3 is 26.4 Å². The van der Waals surface area contributed by atoms with E-state index in [2.05, 4.69) is 51.4 Å². The molecule has 1 rings (SSSR count). The second-order valence-electron chi connectivity index (χ2n) is 10.5. The molecule has 0 heterocycles. The molecule has 0 saturated carbocycles. The van der Waals surface area contributed by atoms with Gasteiger partial charge in [-0.05, 0) is 6.42 Å². The van der Waals surface area contributed by atoms with Crippen LogP contribution in [-0.2, 0) is 11.3 Å². The average molecular weight is 526 g/mol. The third-order valence-corrected chi connectivity index (χ3v) is 6.63. The fraction of sp³-hybridized carbons (Fsp3) is 0.759. The maximum Gasteiger partial charge on any atom is 0.222 e. The zero-order chi connectivity index (χ0) is 23.5. The smallest absolute Gasteiger partial charge is 0.222 e. The van der Waals surface area contributed by atoms with Crippen molar-refractivity contribution < 1.29 is 26.3 Å². The Bertz CT molecular complexity index is 576. The molecule has 1 aromatic carbocycles. The van der Waals surface area contributed by atoms with E-state index in [1.807, 2.05) is 11.9 Å². The van der Waals surface area contributed by atoms with Crippen molar-refractivity contribution in [1.29, 1.82) is 0 Å². The third kappa shape index (κ3) is 18.2. The Morgan fingerprint density at radius 1 is 0.758 bits per heavy atom. The predicted octanol–water partition coefficient (Wildman–Crippen LogP) is 4.60. The predicted molar refractivity (Wildman–Crippen MR) is 140 cm³/mol. The fourth-order valence-corrected chi connectivity index (χ4v) is 4.50. The van der Waals surface area contributed by atoms with E-state index in [0.717, 1.165) is 43.4 Å². The lowest BCUT2D eigenvalue weighted by Crippen LogP contribution is -3.00. The first-order valence-electron chi connectivity index (χ1n) is 13.5. The van der Waals surface area contributed by atoms with Crippen molar-refractivity contribution in [3.8, 4) is 0 Å². The van der Waals surface area contributed by atoms with Crippen LogP contribution in [0.1, 0.15) is 109 Å². The molecule has 0 saturated heterocycles. The highest BCUT2D eigenvalue weighted by molar-refractivity contribution is 5.75. The maximum atomic E-state index is 12.4. The quantitative estimate of drug-likeness (QED) is 0.180. The van der Waals surface area contributed by atoms with E-state index in [0.29, 0.717) is 5.91 Å². The highest BCUT2D eigenvalue weighted by atomic mass is 79.9. The van der Waals surface area contributed by atoms with Gasteiger partial charge in [0.1, 0.15) is 6.54 Å². The van der Waals surface area contributed by atoms with Gasteiger partial charge in [0.2, 0.25) is 5.91 Å². The summed E-state index contributed by atoms with van der Waals surface area (Å²) in [4.78, 5) is 14.4. The van der Waals surface area contributed by atoms with Crippen molar-refractivity contribution in [1.82, 2.24) is 4.90 Å². The van der Waals surface area contributed by atoms with E-state index >= 15 is 0 Å². The Morgan fingerprint density at radius 3 is 1.76 bits per heavy atom. The first kappa shape index (κ1) is 32.1. The summed E-state index contributed by atoms with van der Waals surface area (Å²) in [5, 5.41) is 0. The van der Waals surface area contributed by atoms with Crippen LogP contribution in [0, 0.1) is 0 Å². The summed E-state index contributed by atoms with van der Waals surface area (Å²) < 4.78 is 0.963. The van der Waals surface area contributed by atoms with Crippen LogP contribution in [0.4, 0.5) is 0 Å². The molecule has 0 bridgehead atoms. The number of hydrogen-bond donors (Lipinski definition) is 0. The molecule has 0 N–H and O–H groups in total. The number of nitrogens with zero attached hydrogens (tertiary/aromatic N) is 2. The summed E-state index contributed by atoms with van der Waals surface area (Å²) in [6.45, 7) is 5.28. The second-order valence-corrected chi connectivity index (χ2v) is 10.5. The highest BCUT2D eigenvalue weighted by Gasteiger charge is 2.16. The summed E-state index contributed by atoms with van der Waals surface area (Å²) in [6, 6.07) is 10.7. The molecule has 1 aromatic rings. The summed E-state index contributed by atoms with van der Waals surface area (Å²) in [7, 11) is 6.53. The Labute approximate surface area is 216 Å². The molecule has 0 radical (unpaired) electrons. The summed E-state index contributed by atoms with van der Waals surface area (Å²) in [5.74, 6) is 0.321. The molecule has 33 heavy (non-hydrogen) atoms. The van der Waals surface area contributed by atoms with Crippen LogP contribution >= 0.6 is 0 Å². The number of carbonyl (C=O) groups excluding carboxylic acids is 1. The lowest BCUT2D eigenvalue weighted by atomic mass is 10.0. The van der Waals surface area contributed by atoms with Crippen molar-refractivity contribution in [3.05, 3.63) is 35.9 Å². The van der Waals surface area contributed by atoms with Gasteiger partial charge in [-0.25, -0.2) is 0 Å². The monoisotopic (exact) mass is 524 g/mol. The van der Waals surface area contributed by atoms with Crippen LogP contribution < -0.4 is 17.0 Å². The molecule has 0 atom stereocenters. The Hall–Kier alpha value is -0.870. The van der Waals surface area contributed by atoms with E-state index < -0.39 is 0 Å². The summed E-state index contributed by atoms with van der Waals surface area (Å²) >= 11 is 0. The molecule has 4 heteroatoms. The van der Waals surface area contributed by atoms with Crippen molar-refractivity contribution in [2.45, 2.75) is 110 Å². The van der Waals surface area contributed by atoms with Crippen molar-refractivity contribution in [2.24, 2.45) is 0 Å². The van der Waals surface area contributed by atoms with Gasteiger partial charge in [0.05, 0.1) is 20.6 Å². The third-order valence-electron chi connectivity index (χ3n) is 6.63. The zero-order valence-corrected chi connectivity index (χ0v) is 23.9. The topological polar surface area (TPSA) is 20.3 Å². The lowest BCUT2D eigenvalue weighted by molar-refractivity contribution is -0.903. The number of rotatable bonds is 20. The molecule has 192 valence electrons. The van der Waals surface area contributed by atoms with Crippen LogP contribution in [0.15, 0.2) is 30.3 Å². The molecule has 0 aromatic heterocycles. The molecule has 0 aliphatic heterocycles. The molecular weight excluding hydrogens is 472 g/mol. The van der Waals surface area contributed by atoms with E-state index in [1.54, 1.807) is 0 Å². The number of amides is 1. The van der Waals surface area contributed by atoms with E-state index in [4.69, 9.17) is 0 Å². The van der Waals surface area contributed by atoms with Crippen molar-refractivity contribution in [2.75, 3.05) is 34.2 Å². The number of carbonyl (C=O) groups is 1. The minimum Gasteiger partial charge on any atom is -1.00 e. The molecular formula is C29H53BrN2O. The van der Waals surface area contributed by atoms with Gasteiger partial charge in [-0.15, -0.1) is 0 Å². The van der Waals surface area contributed by atoms with E-state index in [1.165, 1.54) is 82.6 Å². The molecule has 1 amide bonds. The van der Waals surface area contributed by atoms with E-state index in [-0.39, 0.29) is 17.0 Å². The van der Waals surface area contributed by atoms with Crippen LogP contribution in [0.5, 0.6) is 0 Å². The summed E-state index contributed by atoms with van der Waals surface area (Å²) in [6.07, 6.45) is 19.3. The van der Waals surface area contributed by atoms with Gasteiger partial charge in [0, 0.05) is 32.0 Å². The van der Waals surface area contributed by atoms with Gasteiger partial charge in [0.15, 0.2) is 0 Å². The SMILES string of the molecule is CCCCCCCCCCCCCCCC(=O)N(C)CCC[N+](C)(C)Cc1ccccc1.[Br-]. The summed E-state index contributed by atoms with van der Waals surface area (Å²) in [5.41, 5.74) is 1.38. The first-order chi connectivity index (χ1) is 15.4. The van der Waals surface area contributed by atoms with Crippen LogP contribution in [0.2, 0.25) is 0 Å². The number of benzene rings is 1. The second kappa shape index (κ2) is 20.5.